The van der Waals surface area contributed by atoms with E-state index in [1.807, 2.05) is 13.8 Å². The zero-order valence-electron chi connectivity index (χ0n) is 9.14. The minimum Gasteiger partial charge on any atom is -0.481 e. The highest BCUT2D eigenvalue weighted by Gasteiger charge is 2.25. The second kappa shape index (κ2) is 4.39. The van der Waals surface area contributed by atoms with Crippen LogP contribution in [0, 0.1) is 6.92 Å². The van der Waals surface area contributed by atoms with E-state index in [9.17, 15) is 4.79 Å². The largest absolute Gasteiger partial charge is 0.481 e. The number of carbonyl (C=O) groups is 1. The van der Waals surface area contributed by atoms with E-state index >= 15 is 0 Å². The van der Waals surface area contributed by atoms with Crippen LogP contribution in [-0.4, -0.2) is 32.6 Å². The van der Waals surface area contributed by atoms with Crippen LogP contribution in [-0.2, 0) is 4.79 Å². The Bertz CT molecular complexity index is 359. The lowest BCUT2D eigenvalue weighted by Gasteiger charge is -2.09. The smallest absolute Gasteiger partial charge is 0.314 e. The van der Waals surface area contributed by atoms with Gasteiger partial charge in [0.1, 0.15) is 11.6 Å². The number of nitrogens with zero attached hydrogens (tertiary/aromatic N) is 3. The molecule has 6 nitrogen and oxygen atoms in total. The van der Waals surface area contributed by atoms with E-state index in [4.69, 9.17) is 10.8 Å². The van der Waals surface area contributed by atoms with Gasteiger partial charge in [-0.15, -0.1) is 5.10 Å². The van der Waals surface area contributed by atoms with Crippen molar-refractivity contribution in [1.82, 2.24) is 15.0 Å². The summed E-state index contributed by atoms with van der Waals surface area (Å²) in [7, 11) is 0. The Balaban J connectivity index is 3.09. The highest BCUT2D eigenvalue weighted by molar-refractivity contribution is 5.76. The molecule has 1 aromatic rings. The van der Waals surface area contributed by atoms with Crippen LogP contribution >= 0.6 is 0 Å². The molecule has 0 spiro atoms. The van der Waals surface area contributed by atoms with Crippen molar-refractivity contribution in [2.75, 3.05) is 6.54 Å². The van der Waals surface area contributed by atoms with Crippen molar-refractivity contribution >= 4 is 5.97 Å². The van der Waals surface area contributed by atoms with Crippen LogP contribution < -0.4 is 5.73 Å². The van der Waals surface area contributed by atoms with Crippen LogP contribution in [0.15, 0.2) is 0 Å². The normalized spacial score (nSPS) is 13.1. The van der Waals surface area contributed by atoms with Crippen molar-refractivity contribution in [3.05, 3.63) is 11.4 Å². The van der Waals surface area contributed by atoms with Gasteiger partial charge in [0.15, 0.2) is 0 Å². The van der Waals surface area contributed by atoms with Crippen LogP contribution in [0.2, 0.25) is 0 Å². The average molecular weight is 212 g/mol. The molecule has 0 saturated carbocycles. The van der Waals surface area contributed by atoms with Gasteiger partial charge in [-0.1, -0.05) is 5.21 Å². The fourth-order valence-electron chi connectivity index (χ4n) is 1.49. The number of aromatic nitrogens is 3. The zero-order valence-corrected chi connectivity index (χ0v) is 9.14. The lowest BCUT2D eigenvalue weighted by Crippen LogP contribution is -2.22. The van der Waals surface area contributed by atoms with Gasteiger partial charge in [-0.05, 0) is 20.8 Å². The second-order valence-electron chi connectivity index (χ2n) is 3.72. The maximum Gasteiger partial charge on any atom is 0.314 e. The van der Waals surface area contributed by atoms with Crippen LogP contribution in [0.4, 0.5) is 0 Å². The first-order chi connectivity index (χ1) is 6.99. The van der Waals surface area contributed by atoms with E-state index in [0.29, 0.717) is 5.69 Å². The maximum absolute atomic E-state index is 10.9. The Morgan fingerprint density at radius 1 is 1.60 bits per heavy atom. The summed E-state index contributed by atoms with van der Waals surface area (Å²) in [6, 6.07) is 0.165. The molecule has 0 fully saturated rings. The number of carboxylic acid groups (broad SMARTS) is 1. The molecule has 0 aromatic carbocycles. The molecule has 0 bridgehead atoms. The summed E-state index contributed by atoms with van der Waals surface area (Å²) in [4.78, 5) is 10.9. The summed E-state index contributed by atoms with van der Waals surface area (Å²) >= 11 is 0. The molecule has 0 radical (unpaired) electrons. The molecule has 0 aliphatic carbocycles. The third-order valence-corrected chi connectivity index (χ3v) is 2.32. The van der Waals surface area contributed by atoms with E-state index in [-0.39, 0.29) is 12.6 Å². The van der Waals surface area contributed by atoms with Gasteiger partial charge in [-0.2, -0.15) is 0 Å². The molecule has 1 atom stereocenters. The third kappa shape index (κ3) is 2.15. The number of carboxylic acids is 1. The number of rotatable bonds is 4. The van der Waals surface area contributed by atoms with Gasteiger partial charge in [-0.3, -0.25) is 4.79 Å². The third-order valence-electron chi connectivity index (χ3n) is 2.32. The molecule has 1 rings (SSSR count). The maximum atomic E-state index is 10.9. The zero-order chi connectivity index (χ0) is 11.6. The van der Waals surface area contributed by atoms with Crippen LogP contribution in [0.3, 0.4) is 0 Å². The van der Waals surface area contributed by atoms with E-state index < -0.39 is 11.9 Å². The van der Waals surface area contributed by atoms with Crippen molar-refractivity contribution in [3.63, 3.8) is 0 Å². The number of hydrogen-bond acceptors (Lipinski definition) is 4. The van der Waals surface area contributed by atoms with Gasteiger partial charge in [0.2, 0.25) is 0 Å². The highest BCUT2D eigenvalue weighted by atomic mass is 16.4. The number of hydrogen-bond donors (Lipinski definition) is 2. The molecule has 84 valence electrons. The lowest BCUT2D eigenvalue weighted by atomic mass is 10.0. The number of nitrogens with two attached hydrogens (primary N) is 1. The summed E-state index contributed by atoms with van der Waals surface area (Å²) in [5.41, 5.74) is 6.63. The monoisotopic (exact) mass is 212 g/mol. The first-order valence-corrected chi connectivity index (χ1v) is 4.83. The Hall–Kier alpha value is -1.43. The first-order valence-electron chi connectivity index (χ1n) is 4.83. The molecule has 3 N–H and O–H groups in total. The Kier molecular flexibility index (Phi) is 3.41. The van der Waals surface area contributed by atoms with Gasteiger partial charge in [0, 0.05) is 12.6 Å². The predicted molar refractivity (Wildman–Crippen MR) is 54.6 cm³/mol. The van der Waals surface area contributed by atoms with Crippen molar-refractivity contribution in [1.29, 1.82) is 0 Å². The molecular formula is C9H16N4O2. The van der Waals surface area contributed by atoms with Crippen molar-refractivity contribution in [3.8, 4) is 0 Å². The van der Waals surface area contributed by atoms with Gasteiger partial charge in [0.05, 0.1) is 5.69 Å². The first kappa shape index (κ1) is 11.6. The molecular weight excluding hydrogens is 196 g/mol. The van der Waals surface area contributed by atoms with Crippen LogP contribution in [0.5, 0.6) is 0 Å². The van der Waals surface area contributed by atoms with Gasteiger partial charge < -0.3 is 10.8 Å². The topological polar surface area (TPSA) is 94.0 Å². The molecule has 0 amide bonds. The summed E-state index contributed by atoms with van der Waals surface area (Å²) in [6.45, 7) is 5.77. The Labute approximate surface area is 88.1 Å². The summed E-state index contributed by atoms with van der Waals surface area (Å²) in [5, 5.41) is 16.7. The minimum absolute atomic E-state index is 0.0347. The molecule has 1 aromatic heterocycles. The molecule has 15 heavy (non-hydrogen) atoms. The van der Waals surface area contributed by atoms with Crippen LogP contribution in [0.25, 0.3) is 0 Å². The summed E-state index contributed by atoms with van der Waals surface area (Å²) in [6.07, 6.45) is 0. The standard InChI is InChI=1S/C9H16N4O2/c1-5(2)13-6(3)8(11-12-13)7(4-10)9(14)15/h5,7H,4,10H2,1-3H3,(H,14,15). The quantitative estimate of drug-likeness (QED) is 0.748. The number of aliphatic carboxylic acids is 1. The fraction of sp³-hybridized carbons (Fsp3) is 0.667. The van der Waals surface area contributed by atoms with Crippen molar-refractivity contribution in [2.24, 2.45) is 5.73 Å². The Morgan fingerprint density at radius 2 is 2.20 bits per heavy atom. The second-order valence-corrected chi connectivity index (χ2v) is 3.72. The lowest BCUT2D eigenvalue weighted by molar-refractivity contribution is -0.138. The predicted octanol–water partition coefficient (Wildman–Crippen LogP) is 0.294. The highest BCUT2D eigenvalue weighted by Crippen LogP contribution is 2.18. The minimum atomic E-state index is -0.962. The molecule has 0 aliphatic heterocycles. The van der Waals surface area contributed by atoms with Crippen LogP contribution in [0.1, 0.15) is 37.2 Å². The molecule has 1 heterocycles. The Morgan fingerprint density at radius 3 is 2.53 bits per heavy atom. The van der Waals surface area contributed by atoms with Gasteiger partial charge >= 0.3 is 5.97 Å². The van der Waals surface area contributed by atoms with E-state index in [2.05, 4.69) is 10.3 Å². The SMILES string of the molecule is Cc1c(C(CN)C(=O)O)nnn1C(C)C. The van der Waals surface area contributed by atoms with Crippen molar-refractivity contribution < 1.29 is 9.90 Å². The molecule has 0 aliphatic rings. The average Bonchev–Trinajstić information content (AvgIpc) is 2.49. The van der Waals surface area contributed by atoms with E-state index in [1.165, 1.54) is 0 Å². The summed E-state index contributed by atoms with van der Waals surface area (Å²) < 4.78 is 1.70. The van der Waals surface area contributed by atoms with Gasteiger partial charge in [0.25, 0.3) is 0 Å². The fourth-order valence-corrected chi connectivity index (χ4v) is 1.49. The molecule has 0 saturated heterocycles. The van der Waals surface area contributed by atoms with E-state index in [1.54, 1.807) is 11.6 Å². The molecule has 6 heteroatoms. The molecule has 1 unspecified atom stereocenters. The van der Waals surface area contributed by atoms with Gasteiger partial charge in [-0.25, -0.2) is 4.68 Å². The summed E-state index contributed by atoms with van der Waals surface area (Å²) in [5.74, 6) is -1.73. The van der Waals surface area contributed by atoms with E-state index in [0.717, 1.165) is 5.69 Å². The van der Waals surface area contributed by atoms with Crippen molar-refractivity contribution in [2.45, 2.75) is 32.7 Å².